The van der Waals surface area contributed by atoms with E-state index in [4.69, 9.17) is 0 Å². The Morgan fingerprint density at radius 3 is 2.03 bits per heavy atom. The second-order valence-corrected chi connectivity index (χ2v) is 7.66. The van der Waals surface area contributed by atoms with Gasteiger partial charge in [0.05, 0.1) is 6.54 Å². The molecule has 0 aliphatic carbocycles. The van der Waals surface area contributed by atoms with Crippen molar-refractivity contribution in [3.05, 3.63) is 71.3 Å². The number of benzene rings is 2. The summed E-state index contributed by atoms with van der Waals surface area (Å²) in [5.41, 5.74) is 0.616. The molecule has 9 heteroatoms. The van der Waals surface area contributed by atoms with Crippen molar-refractivity contribution < 1.29 is 23.2 Å². The molecule has 166 valence electrons. The Hall–Kier alpha value is -3.62. The molecule has 2 aliphatic heterocycles. The molecular formula is C23H22F2N4O3. The zero-order valence-electron chi connectivity index (χ0n) is 17.3. The number of hydrazone groups is 1. The molecule has 0 spiro atoms. The quantitative estimate of drug-likeness (QED) is 0.733. The van der Waals surface area contributed by atoms with Crippen molar-refractivity contribution in [2.75, 3.05) is 26.2 Å². The molecule has 1 saturated heterocycles. The summed E-state index contributed by atoms with van der Waals surface area (Å²) in [5, 5.41) is 5.60. The van der Waals surface area contributed by atoms with E-state index < -0.39 is 23.1 Å². The summed E-state index contributed by atoms with van der Waals surface area (Å²) in [7, 11) is 0. The van der Waals surface area contributed by atoms with Gasteiger partial charge in [0.25, 0.3) is 11.8 Å². The molecule has 32 heavy (non-hydrogen) atoms. The fourth-order valence-electron chi connectivity index (χ4n) is 3.79. The molecule has 0 unspecified atom stereocenters. The van der Waals surface area contributed by atoms with Gasteiger partial charge < -0.3 is 9.80 Å². The first kappa shape index (κ1) is 21.6. The molecule has 0 radical (unpaired) electrons. The second-order valence-electron chi connectivity index (χ2n) is 7.66. The van der Waals surface area contributed by atoms with Crippen LogP contribution in [0.3, 0.4) is 0 Å². The van der Waals surface area contributed by atoms with E-state index in [1.165, 1.54) is 16.0 Å². The van der Waals surface area contributed by atoms with E-state index in [1.807, 2.05) is 30.3 Å². The molecule has 2 aromatic carbocycles. The smallest absolute Gasteiger partial charge is 0.270 e. The molecule has 2 heterocycles. The normalized spacial score (nSPS) is 16.8. The van der Waals surface area contributed by atoms with Crippen LogP contribution in [0.25, 0.3) is 0 Å². The third-order valence-electron chi connectivity index (χ3n) is 5.56. The van der Waals surface area contributed by atoms with Gasteiger partial charge in [-0.2, -0.15) is 5.10 Å². The third kappa shape index (κ3) is 4.51. The number of amides is 3. The SMILES string of the molecule is O=C(C1=NN(Cc2ccccc2)C(=O)CC1)N1CCN(C(=O)c2c(F)cccc2F)CC1. The van der Waals surface area contributed by atoms with Crippen LogP contribution in [-0.2, 0) is 16.1 Å². The van der Waals surface area contributed by atoms with Crippen molar-refractivity contribution in [1.82, 2.24) is 14.8 Å². The molecule has 0 N–H and O–H groups in total. The summed E-state index contributed by atoms with van der Waals surface area (Å²) < 4.78 is 27.9. The molecule has 4 rings (SSSR count). The number of halogens is 2. The maximum atomic E-state index is 13.9. The van der Waals surface area contributed by atoms with Crippen LogP contribution in [0.15, 0.2) is 53.6 Å². The van der Waals surface area contributed by atoms with Gasteiger partial charge in [-0.3, -0.25) is 14.4 Å². The molecule has 0 saturated carbocycles. The highest BCUT2D eigenvalue weighted by atomic mass is 19.1. The van der Waals surface area contributed by atoms with Crippen LogP contribution in [-0.4, -0.2) is 64.4 Å². The van der Waals surface area contributed by atoms with E-state index in [2.05, 4.69) is 5.10 Å². The van der Waals surface area contributed by atoms with Crippen LogP contribution in [0.5, 0.6) is 0 Å². The van der Waals surface area contributed by atoms with E-state index in [1.54, 1.807) is 4.90 Å². The number of carbonyl (C=O) groups excluding carboxylic acids is 3. The van der Waals surface area contributed by atoms with Gasteiger partial charge in [0.1, 0.15) is 22.9 Å². The first-order chi connectivity index (χ1) is 15.4. The molecular weight excluding hydrogens is 418 g/mol. The summed E-state index contributed by atoms with van der Waals surface area (Å²) in [6, 6.07) is 12.7. The molecule has 0 aromatic heterocycles. The number of rotatable bonds is 4. The van der Waals surface area contributed by atoms with E-state index in [0.29, 0.717) is 5.71 Å². The summed E-state index contributed by atoms with van der Waals surface area (Å²) in [4.78, 5) is 40.6. The molecule has 3 amide bonds. The highest BCUT2D eigenvalue weighted by Gasteiger charge is 2.32. The van der Waals surface area contributed by atoms with Gasteiger partial charge in [-0.15, -0.1) is 0 Å². The van der Waals surface area contributed by atoms with Gasteiger partial charge in [0.15, 0.2) is 0 Å². The van der Waals surface area contributed by atoms with Crippen LogP contribution in [0.1, 0.15) is 28.8 Å². The minimum atomic E-state index is -0.909. The Kier molecular flexibility index (Phi) is 6.25. The Balaban J connectivity index is 1.40. The first-order valence-electron chi connectivity index (χ1n) is 10.4. The standard InChI is InChI=1S/C23H22F2N4O3/c24-17-7-4-8-18(25)21(17)23(32)28-13-11-27(12-14-28)22(31)19-9-10-20(30)29(26-19)15-16-5-2-1-3-6-16/h1-8H,9-15H2. The molecule has 1 fully saturated rings. The summed E-state index contributed by atoms with van der Waals surface area (Å²) >= 11 is 0. The molecule has 7 nitrogen and oxygen atoms in total. The van der Waals surface area contributed by atoms with E-state index in [0.717, 1.165) is 17.7 Å². The van der Waals surface area contributed by atoms with Crippen LogP contribution in [0, 0.1) is 11.6 Å². The highest BCUT2D eigenvalue weighted by Crippen LogP contribution is 2.18. The Morgan fingerprint density at radius 1 is 0.812 bits per heavy atom. The van der Waals surface area contributed by atoms with Crippen molar-refractivity contribution in [1.29, 1.82) is 0 Å². The zero-order chi connectivity index (χ0) is 22.7. The molecule has 0 bridgehead atoms. The van der Waals surface area contributed by atoms with Crippen LogP contribution in [0.4, 0.5) is 8.78 Å². The Labute approximate surface area is 183 Å². The lowest BCUT2D eigenvalue weighted by atomic mass is 10.1. The van der Waals surface area contributed by atoms with Crippen LogP contribution < -0.4 is 0 Å². The maximum absolute atomic E-state index is 13.9. The minimum Gasteiger partial charge on any atom is -0.335 e. The Bertz CT molecular complexity index is 1050. The largest absolute Gasteiger partial charge is 0.335 e. The lowest BCUT2D eigenvalue weighted by Crippen LogP contribution is -2.53. The minimum absolute atomic E-state index is 0.146. The lowest BCUT2D eigenvalue weighted by Gasteiger charge is -2.35. The Morgan fingerprint density at radius 2 is 1.41 bits per heavy atom. The average Bonchev–Trinajstić information content (AvgIpc) is 2.80. The fraction of sp³-hybridized carbons (Fsp3) is 0.304. The van der Waals surface area contributed by atoms with Gasteiger partial charge in [-0.25, -0.2) is 13.8 Å². The van der Waals surface area contributed by atoms with Gasteiger partial charge in [-0.05, 0) is 17.7 Å². The van der Waals surface area contributed by atoms with E-state index in [-0.39, 0.29) is 57.4 Å². The van der Waals surface area contributed by atoms with Crippen molar-refractivity contribution in [3.63, 3.8) is 0 Å². The van der Waals surface area contributed by atoms with E-state index in [9.17, 15) is 23.2 Å². The fourth-order valence-corrected chi connectivity index (χ4v) is 3.79. The molecule has 2 aliphatic rings. The van der Waals surface area contributed by atoms with Crippen LogP contribution in [0.2, 0.25) is 0 Å². The van der Waals surface area contributed by atoms with Gasteiger partial charge in [0.2, 0.25) is 5.91 Å². The van der Waals surface area contributed by atoms with E-state index >= 15 is 0 Å². The van der Waals surface area contributed by atoms with Gasteiger partial charge in [0, 0.05) is 39.0 Å². The lowest BCUT2D eigenvalue weighted by molar-refractivity contribution is -0.132. The molecule has 0 atom stereocenters. The van der Waals surface area contributed by atoms with Crippen LogP contribution >= 0.6 is 0 Å². The summed E-state index contributed by atoms with van der Waals surface area (Å²) in [6.07, 6.45) is 0.449. The number of nitrogens with zero attached hydrogens (tertiary/aromatic N) is 4. The van der Waals surface area contributed by atoms with Crippen molar-refractivity contribution >= 4 is 23.4 Å². The number of hydrogen-bond acceptors (Lipinski definition) is 4. The topological polar surface area (TPSA) is 73.3 Å². The van der Waals surface area contributed by atoms with Gasteiger partial charge in [-0.1, -0.05) is 36.4 Å². The van der Waals surface area contributed by atoms with Crippen molar-refractivity contribution in [2.24, 2.45) is 5.10 Å². The average molecular weight is 440 g/mol. The summed E-state index contributed by atoms with van der Waals surface area (Å²) in [5.74, 6) is -2.99. The maximum Gasteiger partial charge on any atom is 0.270 e. The second kappa shape index (κ2) is 9.25. The predicted octanol–water partition coefficient (Wildman–Crippen LogP) is 2.43. The summed E-state index contributed by atoms with van der Waals surface area (Å²) in [6.45, 7) is 1.02. The number of hydrogen-bond donors (Lipinski definition) is 0. The monoisotopic (exact) mass is 440 g/mol. The number of carbonyl (C=O) groups is 3. The van der Waals surface area contributed by atoms with Crippen molar-refractivity contribution in [3.8, 4) is 0 Å². The van der Waals surface area contributed by atoms with Gasteiger partial charge >= 0.3 is 0 Å². The highest BCUT2D eigenvalue weighted by molar-refractivity contribution is 6.39. The molecule has 2 aromatic rings. The van der Waals surface area contributed by atoms with Crippen molar-refractivity contribution in [2.45, 2.75) is 19.4 Å². The first-order valence-corrected chi connectivity index (χ1v) is 10.4. The predicted molar refractivity (Wildman–Crippen MR) is 113 cm³/mol. The third-order valence-corrected chi connectivity index (χ3v) is 5.56. The number of piperazine rings is 1. The zero-order valence-corrected chi connectivity index (χ0v) is 17.3.